The van der Waals surface area contributed by atoms with Crippen LogP contribution in [0.4, 0.5) is 0 Å². The summed E-state index contributed by atoms with van der Waals surface area (Å²) in [4.78, 5) is 10.3. The third-order valence-corrected chi connectivity index (χ3v) is 9.62. The quantitative estimate of drug-likeness (QED) is 0.213. The molecule has 0 aliphatic rings. The maximum Gasteiger partial charge on any atom is 0.161 e. The van der Waals surface area contributed by atoms with Gasteiger partial charge in [-0.2, -0.15) is 0 Å². The van der Waals surface area contributed by atoms with Crippen molar-refractivity contribution in [3.63, 3.8) is 0 Å². The predicted molar refractivity (Wildman–Crippen MR) is 184 cm³/mol. The Morgan fingerprint density at radius 2 is 1.09 bits per heavy atom. The topological polar surface area (TPSA) is 25.8 Å². The molecule has 0 radical (unpaired) electrons. The molecule has 0 bridgehead atoms. The van der Waals surface area contributed by atoms with Crippen LogP contribution in [0.1, 0.15) is 0 Å². The van der Waals surface area contributed by atoms with E-state index < -0.39 is 0 Å². The first-order valence-corrected chi connectivity index (χ1v) is 15.3. The van der Waals surface area contributed by atoms with Gasteiger partial charge in [0.15, 0.2) is 5.82 Å². The molecule has 7 aromatic carbocycles. The molecule has 0 spiro atoms. The molecule has 2 nitrogen and oxygen atoms in total. The largest absolute Gasteiger partial charge is 0.228 e. The van der Waals surface area contributed by atoms with E-state index in [4.69, 9.17) is 9.97 Å². The van der Waals surface area contributed by atoms with E-state index in [9.17, 15) is 0 Å². The average Bonchev–Trinajstić information content (AvgIpc) is 3.47. The summed E-state index contributed by atoms with van der Waals surface area (Å²) in [5.41, 5.74) is 6.45. The Labute approximate surface area is 252 Å². The first-order valence-electron chi connectivity index (χ1n) is 14.5. The Hall–Kier alpha value is -5.38. The van der Waals surface area contributed by atoms with Gasteiger partial charge in [-0.05, 0) is 63.0 Å². The van der Waals surface area contributed by atoms with Gasteiger partial charge in [-0.1, -0.05) is 115 Å². The van der Waals surface area contributed by atoms with E-state index in [-0.39, 0.29) is 0 Å². The SMILES string of the molecule is c1ccc(-c2nc(-c3ccc(-c4ccc5ccc6sc7ccccc7c6c5c4)c4ccccc34)nc3ccccc23)cc1. The summed E-state index contributed by atoms with van der Waals surface area (Å²) in [7, 11) is 0. The third-order valence-electron chi connectivity index (χ3n) is 8.49. The summed E-state index contributed by atoms with van der Waals surface area (Å²) in [6.45, 7) is 0. The van der Waals surface area contributed by atoms with Crippen molar-refractivity contribution in [1.82, 2.24) is 9.97 Å². The lowest BCUT2D eigenvalue weighted by Crippen LogP contribution is -1.96. The Bertz CT molecular complexity index is 2510. The van der Waals surface area contributed by atoms with Gasteiger partial charge in [0.05, 0.1) is 11.2 Å². The maximum absolute atomic E-state index is 5.18. The van der Waals surface area contributed by atoms with Gasteiger partial charge < -0.3 is 0 Å². The van der Waals surface area contributed by atoms with Crippen molar-refractivity contribution in [1.29, 1.82) is 0 Å². The minimum absolute atomic E-state index is 0.741. The van der Waals surface area contributed by atoms with Gasteiger partial charge in [0, 0.05) is 36.7 Å². The fourth-order valence-electron chi connectivity index (χ4n) is 6.47. The van der Waals surface area contributed by atoms with Crippen LogP contribution in [0.5, 0.6) is 0 Å². The van der Waals surface area contributed by atoms with Crippen molar-refractivity contribution in [2.24, 2.45) is 0 Å². The first kappa shape index (κ1) is 24.2. The number of thiophene rings is 1. The zero-order valence-corrected chi connectivity index (χ0v) is 24.0. The monoisotopic (exact) mass is 564 g/mol. The number of benzene rings is 7. The zero-order chi connectivity index (χ0) is 28.3. The van der Waals surface area contributed by atoms with Gasteiger partial charge in [-0.3, -0.25) is 0 Å². The smallest absolute Gasteiger partial charge is 0.161 e. The highest BCUT2D eigenvalue weighted by molar-refractivity contribution is 7.26. The Morgan fingerprint density at radius 3 is 1.95 bits per heavy atom. The van der Waals surface area contributed by atoms with Crippen LogP contribution >= 0.6 is 11.3 Å². The van der Waals surface area contributed by atoms with Gasteiger partial charge in [0.25, 0.3) is 0 Å². The second kappa shape index (κ2) is 9.59. The molecule has 2 aromatic heterocycles. The average molecular weight is 565 g/mol. The summed E-state index contributed by atoms with van der Waals surface area (Å²) in [5.74, 6) is 0.741. The van der Waals surface area contributed by atoms with Gasteiger partial charge in [-0.25, -0.2) is 9.97 Å². The highest BCUT2D eigenvalue weighted by atomic mass is 32.1. The van der Waals surface area contributed by atoms with E-state index in [2.05, 4.69) is 133 Å². The van der Waals surface area contributed by atoms with E-state index in [1.807, 2.05) is 23.5 Å². The highest BCUT2D eigenvalue weighted by Gasteiger charge is 2.16. The van der Waals surface area contributed by atoms with E-state index >= 15 is 0 Å². The highest BCUT2D eigenvalue weighted by Crippen LogP contribution is 2.41. The number of rotatable bonds is 3. The van der Waals surface area contributed by atoms with Crippen LogP contribution in [0.2, 0.25) is 0 Å². The molecule has 0 saturated carbocycles. The van der Waals surface area contributed by atoms with Crippen LogP contribution in [0.25, 0.3) is 86.4 Å². The molecule has 0 aliphatic carbocycles. The van der Waals surface area contributed by atoms with Crippen molar-refractivity contribution < 1.29 is 0 Å². The van der Waals surface area contributed by atoms with Crippen molar-refractivity contribution in [2.75, 3.05) is 0 Å². The molecule has 3 heteroatoms. The number of hydrogen-bond acceptors (Lipinski definition) is 3. The molecule has 9 rings (SSSR count). The molecule has 0 atom stereocenters. The Morgan fingerprint density at radius 1 is 0.419 bits per heavy atom. The molecule has 0 fully saturated rings. The summed E-state index contributed by atoms with van der Waals surface area (Å²) >= 11 is 1.87. The predicted octanol–water partition coefficient (Wildman–Crippen LogP) is 11.3. The summed E-state index contributed by atoms with van der Waals surface area (Å²) in [6.07, 6.45) is 0. The van der Waals surface area contributed by atoms with Crippen molar-refractivity contribution in [3.8, 4) is 33.8 Å². The van der Waals surface area contributed by atoms with Crippen LogP contribution in [0.3, 0.4) is 0 Å². The van der Waals surface area contributed by atoms with Gasteiger partial charge in [0.1, 0.15) is 0 Å². The van der Waals surface area contributed by atoms with Crippen molar-refractivity contribution >= 4 is 64.0 Å². The van der Waals surface area contributed by atoms with Crippen molar-refractivity contribution in [2.45, 2.75) is 0 Å². The molecule has 9 aromatic rings. The van der Waals surface area contributed by atoms with Crippen LogP contribution in [0, 0.1) is 0 Å². The minimum atomic E-state index is 0.741. The number of para-hydroxylation sites is 1. The number of hydrogen-bond donors (Lipinski definition) is 0. The van der Waals surface area contributed by atoms with Crippen LogP contribution < -0.4 is 0 Å². The fourth-order valence-corrected chi connectivity index (χ4v) is 7.59. The lowest BCUT2D eigenvalue weighted by atomic mass is 9.92. The number of nitrogens with zero attached hydrogens (tertiary/aromatic N) is 2. The zero-order valence-electron chi connectivity index (χ0n) is 23.2. The van der Waals surface area contributed by atoms with E-state index in [1.54, 1.807) is 0 Å². The Kier molecular flexibility index (Phi) is 5.40. The molecule has 0 amide bonds. The lowest BCUT2D eigenvalue weighted by Gasteiger charge is -2.14. The normalized spacial score (nSPS) is 11.7. The second-order valence-electron chi connectivity index (χ2n) is 11.0. The fraction of sp³-hybridized carbons (Fsp3) is 0. The van der Waals surface area contributed by atoms with Gasteiger partial charge in [-0.15, -0.1) is 11.3 Å². The first-order chi connectivity index (χ1) is 21.3. The number of fused-ring (bicyclic) bond motifs is 7. The van der Waals surface area contributed by atoms with Crippen LogP contribution in [0.15, 0.2) is 146 Å². The van der Waals surface area contributed by atoms with E-state index in [0.29, 0.717) is 0 Å². The van der Waals surface area contributed by atoms with E-state index in [1.165, 1.54) is 47.5 Å². The molecular weight excluding hydrogens is 541 g/mol. The van der Waals surface area contributed by atoms with E-state index in [0.717, 1.165) is 38.9 Å². The molecule has 0 aliphatic heterocycles. The van der Waals surface area contributed by atoms with Gasteiger partial charge in [0.2, 0.25) is 0 Å². The molecule has 200 valence electrons. The molecular formula is C40H24N2S. The standard InChI is InChI=1S/C40H24N2S/c1-2-10-26(11-3-1)39-32-14-6-8-16-35(32)41-40(42-39)31-22-21-28(29-12-4-5-13-30(29)31)27-19-18-25-20-23-37-38(34(25)24-27)33-15-7-9-17-36(33)43-37/h1-24H. The second-order valence-corrected chi connectivity index (χ2v) is 12.0. The molecule has 43 heavy (non-hydrogen) atoms. The lowest BCUT2D eigenvalue weighted by molar-refractivity contribution is 1.23. The van der Waals surface area contributed by atoms with Crippen LogP contribution in [-0.4, -0.2) is 9.97 Å². The van der Waals surface area contributed by atoms with Crippen molar-refractivity contribution in [3.05, 3.63) is 146 Å². The maximum atomic E-state index is 5.18. The summed E-state index contributed by atoms with van der Waals surface area (Å²) in [5, 5.41) is 8.63. The summed E-state index contributed by atoms with van der Waals surface area (Å²) in [6, 6.07) is 51.9. The molecule has 0 saturated heterocycles. The molecule has 0 unspecified atom stereocenters. The van der Waals surface area contributed by atoms with Gasteiger partial charge >= 0.3 is 0 Å². The van der Waals surface area contributed by atoms with Crippen LogP contribution in [-0.2, 0) is 0 Å². The third kappa shape index (κ3) is 3.86. The molecule has 2 heterocycles. The minimum Gasteiger partial charge on any atom is -0.228 e. The molecule has 0 N–H and O–H groups in total. The number of aromatic nitrogens is 2. The summed E-state index contributed by atoms with van der Waals surface area (Å²) < 4.78 is 2.66. The Balaban J connectivity index is 1.27.